The van der Waals surface area contributed by atoms with Crippen LogP contribution in [0.5, 0.6) is 0 Å². The van der Waals surface area contributed by atoms with Gasteiger partial charge in [-0.25, -0.2) is 4.79 Å². The van der Waals surface area contributed by atoms with E-state index >= 15 is 0 Å². The minimum absolute atomic E-state index is 0.208. The first-order chi connectivity index (χ1) is 16.1. The van der Waals surface area contributed by atoms with Gasteiger partial charge in [0.2, 0.25) is 0 Å². The van der Waals surface area contributed by atoms with Crippen molar-refractivity contribution in [1.82, 2.24) is 10.3 Å². The molecule has 6 nitrogen and oxygen atoms in total. The quantitative estimate of drug-likeness (QED) is 0.495. The highest BCUT2D eigenvalue weighted by atomic mass is 16.7. The molecule has 0 spiro atoms. The number of benzene rings is 2. The van der Waals surface area contributed by atoms with E-state index in [9.17, 15) is 4.79 Å². The van der Waals surface area contributed by atoms with Crippen molar-refractivity contribution < 1.29 is 18.8 Å². The molecule has 0 saturated carbocycles. The van der Waals surface area contributed by atoms with E-state index in [0.717, 1.165) is 33.2 Å². The Morgan fingerprint density at radius 1 is 1.03 bits per heavy atom. The second-order valence-electron chi connectivity index (χ2n) is 9.63. The number of nitrogens with one attached hydrogen (secondary N) is 1. The number of rotatable bonds is 6. The Hall–Kier alpha value is -3.16. The molecule has 1 fully saturated rings. The van der Waals surface area contributed by atoms with E-state index in [1.54, 1.807) is 0 Å². The van der Waals surface area contributed by atoms with Crippen molar-refractivity contribution in [2.24, 2.45) is 0 Å². The highest BCUT2D eigenvalue weighted by Crippen LogP contribution is 2.38. The third-order valence-electron chi connectivity index (χ3n) is 6.41. The summed E-state index contributed by atoms with van der Waals surface area (Å²) in [7, 11) is -0.591. The van der Waals surface area contributed by atoms with Crippen molar-refractivity contribution in [1.29, 1.82) is 0 Å². The Balaban J connectivity index is 1.53. The summed E-state index contributed by atoms with van der Waals surface area (Å²) in [6.07, 6.45) is 1.50. The number of aryl methyl sites for hydroxylation is 1. The summed E-state index contributed by atoms with van der Waals surface area (Å²) in [4.78, 5) is 17.0. The average molecular weight is 458 g/mol. The van der Waals surface area contributed by atoms with Gasteiger partial charge in [-0.05, 0) is 69.4 Å². The Kier molecular flexibility index (Phi) is 6.78. The van der Waals surface area contributed by atoms with Gasteiger partial charge < -0.3 is 19.4 Å². The highest BCUT2D eigenvalue weighted by molar-refractivity contribution is 6.56. The largest absolute Gasteiger partial charge is 0.492 e. The monoisotopic (exact) mass is 458 g/mol. The summed E-state index contributed by atoms with van der Waals surface area (Å²) in [6.45, 7) is 10.5. The minimum atomic E-state index is -0.591. The standard InChI is InChI=1S/C27H31BN2O4/c1-19-11-13-22-15-21(12-14-24(22)30-19)16-23(28-33-26(2,3)27(4,5)34-28)17-29-25(31)32-18-20-9-7-6-8-10-20/h6-16H,17-18H2,1-5H3,(H,29,31). The molecule has 1 amide bonds. The van der Waals surface area contributed by atoms with E-state index in [2.05, 4.69) is 22.4 Å². The molecule has 34 heavy (non-hydrogen) atoms. The van der Waals surface area contributed by atoms with Gasteiger partial charge in [-0.3, -0.25) is 4.98 Å². The number of carbonyl (C=O) groups excluding carboxylic acids is 1. The number of alkyl carbamates (subject to hydrolysis) is 1. The Bertz CT molecular complexity index is 1190. The van der Waals surface area contributed by atoms with Crippen LogP contribution < -0.4 is 5.32 Å². The Morgan fingerprint density at radius 2 is 1.74 bits per heavy atom. The van der Waals surface area contributed by atoms with Gasteiger partial charge in [-0.15, -0.1) is 0 Å². The van der Waals surface area contributed by atoms with Crippen LogP contribution in [0, 0.1) is 6.92 Å². The fraction of sp³-hybridized carbons (Fsp3) is 0.333. The molecule has 1 aliphatic heterocycles. The van der Waals surface area contributed by atoms with Crippen LogP contribution in [0.1, 0.15) is 44.5 Å². The van der Waals surface area contributed by atoms with Crippen LogP contribution in [-0.2, 0) is 20.7 Å². The van der Waals surface area contributed by atoms with Crippen LogP contribution in [0.3, 0.4) is 0 Å². The lowest BCUT2D eigenvalue weighted by atomic mass is 9.77. The molecule has 0 aliphatic carbocycles. The van der Waals surface area contributed by atoms with Gasteiger partial charge in [-0.1, -0.05) is 48.5 Å². The molecular formula is C27H31BN2O4. The SMILES string of the molecule is Cc1ccc2cc(C=C(CNC(=O)OCc3ccccc3)B3OC(C)(C)C(C)(C)O3)ccc2n1. The zero-order chi connectivity index (χ0) is 24.3. The molecule has 1 aliphatic rings. The maximum atomic E-state index is 12.4. The van der Waals surface area contributed by atoms with E-state index in [0.29, 0.717) is 0 Å². The fourth-order valence-corrected chi connectivity index (χ4v) is 3.70. The first-order valence-corrected chi connectivity index (χ1v) is 11.5. The number of fused-ring (bicyclic) bond motifs is 1. The number of amides is 1. The number of hydrogen-bond acceptors (Lipinski definition) is 5. The summed E-state index contributed by atoms with van der Waals surface area (Å²) in [6, 6.07) is 19.7. The number of carbonyl (C=O) groups is 1. The molecule has 4 rings (SSSR count). The molecule has 1 saturated heterocycles. The van der Waals surface area contributed by atoms with Gasteiger partial charge in [0, 0.05) is 17.6 Å². The molecular weight excluding hydrogens is 427 g/mol. The van der Waals surface area contributed by atoms with E-state index in [1.807, 2.05) is 89.2 Å². The number of aromatic nitrogens is 1. The van der Waals surface area contributed by atoms with Crippen LogP contribution in [0.2, 0.25) is 0 Å². The predicted octanol–water partition coefficient (Wildman–Crippen LogP) is 5.48. The van der Waals surface area contributed by atoms with Gasteiger partial charge in [0.1, 0.15) is 6.61 Å². The van der Waals surface area contributed by atoms with Crippen molar-refractivity contribution in [3.63, 3.8) is 0 Å². The smallest absolute Gasteiger partial charge is 0.445 e. The highest BCUT2D eigenvalue weighted by Gasteiger charge is 2.52. The zero-order valence-corrected chi connectivity index (χ0v) is 20.4. The normalized spacial score (nSPS) is 17.1. The Morgan fingerprint density at radius 3 is 2.44 bits per heavy atom. The summed E-state index contributed by atoms with van der Waals surface area (Å²) in [5, 5.41) is 3.89. The van der Waals surface area contributed by atoms with E-state index in [1.165, 1.54) is 0 Å². The van der Waals surface area contributed by atoms with Crippen molar-refractivity contribution in [2.45, 2.75) is 52.4 Å². The minimum Gasteiger partial charge on any atom is -0.445 e. The van der Waals surface area contributed by atoms with Crippen LogP contribution in [-0.4, -0.2) is 35.9 Å². The van der Waals surface area contributed by atoms with Gasteiger partial charge in [-0.2, -0.15) is 0 Å². The second-order valence-corrected chi connectivity index (χ2v) is 9.63. The molecule has 1 aromatic heterocycles. The van der Waals surface area contributed by atoms with Crippen LogP contribution in [0.4, 0.5) is 4.79 Å². The molecule has 176 valence electrons. The Labute approximate surface area is 201 Å². The average Bonchev–Trinajstić information content (AvgIpc) is 3.02. The number of pyridine rings is 1. The maximum Gasteiger partial charge on any atom is 0.492 e. The molecule has 0 bridgehead atoms. The van der Waals surface area contributed by atoms with Crippen LogP contribution >= 0.6 is 0 Å². The molecule has 2 aromatic carbocycles. The lowest BCUT2D eigenvalue weighted by Gasteiger charge is -2.32. The molecule has 0 atom stereocenters. The van der Waals surface area contributed by atoms with E-state index in [-0.39, 0.29) is 13.2 Å². The lowest BCUT2D eigenvalue weighted by molar-refractivity contribution is 0.00578. The first kappa shape index (κ1) is 24.0. The van der Waals surface area contributed by atoms with Gasteiger partial charge in [0.15, 0.2) is 0 Å². The number of ether oxygens (including phenoxy) is 1. The third-order valence-corrected chi connectivity index (χ3v) is 6.41. The third kappa shape index (κ3) is 5.49. The zero-order valence-electron chi connectivity index (χ0n) is 20.4. The van der Waals surface area contributed by atoms with Crippen LogP contribution in [0.15, 0.2) is 66.1 Å². The van der Waals surface area contributed by atoms with Gasteiger partial charge in [0.25, 0.3) is 0 Å². The van der Waals surface area contributed by atoms with E-state index in [4.69, 9.17) is 14.0 Å². The lowest BCUT2D eigenvalue weighted by Crippen LogP contribution is -2.41. The number of hydrogen-bond donors (Lipinski definition) is 1. The fourth-order valence-electron chi connectivity index (χ4n) is 3.70. The van der Waals surface area contributed by atoms with Crippen molar-refractivity contribution in [3.05, 3.63) is 83.0 Å². The second kappa shape index (κ2) is 9.61. The first-order valence-electron chi connectivity index (χ1n) is 11.5. The molecule has 7 heteroatoms. The van der Waals surface area contributed by atoms with Crippen molar-refractivity contribution in [2.75, 3.05) is 6.54 Å². The van der Waals surface area contributed by atoms with E-state index < -0.39 is 24.4 Å². The van der Waals surface area contributed by atoms with Gasteiger partial charge in [0.05, 0.1) is 16.7 Å². The summed E-state index contributed by atoms with van der Waals surface area (Å²) < 4.78 is 17.9. The van der Waals surface area contributed by atoms with Crippen LogP contribution in [0.25, 0.3) is 17.0 Å². The predicted molar refractivity (Wildman–Crippen MR) is 135 cm³/mol. The topological polar surface area (TPSA) is 69.7 Å². The molecule has 2 heterocycles. The molecule has 3 aromatic rings. The van der Waals surface area contributed by atoms with Crippen molar-refractivity contribution in [3.8, 4) is 0 Å². The summed E-state index contributed by atoms with van der Waals surface area (Å²) >= 11 is 0. The molecule has 0 radical (unpaired) electrons. The number of nitrogens with zero attached hydrogens (tertiary/aromatic N) is 1. The van der Waals surface area contributed by atoms with Gasteiger partial charge >= 0.3 is 13.2 Å². The molecule has 0 unspecified atom stereocenters. The summed E-state index contributed by atoms with van der Waals surface area (Å²) in [5.41, 5.74) is 3.64. The summed E-state index contributed by atoms with van der Waals surface area (Å²) in [5.74, 6) is 0. The maximum absolute atomic E-state index is 12.4. The van der Waals surface area contributed by atoms with Crippen molar-refractivity contribution >= 4 is 30.2 Å². The molecule has 1 N–H and O–H groups in total.